The molecule has 4 nitrogen and oxygen atoms in total. The lowest BCUT2D eigenvalue weighted by molar-refractivity contribution is 0.0972. The number of halogens is 1. The lowest BCUT2D eigenvalue weighted by Crippen LogP contribution is -2.32. The molecule has 1 heterocycles. The highest BCUT2D eigenvalue weighted by Gasteiger charge is 2.27. The van der Waals surface area contributed by atoms with Gasteiger partial charge in [-0.1, -0.05) is 12.1 Å². The SMILES string of the molecule is COc1cc(F)ccc1-c1ccc2c(c1COc1ccc3c(c1)CCCC3=O)C(C)=CC(C)(C)N2. The van der Waals surface area contributed by atoms with Crippen molar-refractivity contribution >= 4 is 17.0 Å². The van der Waals surface area contributed by atoms with Crippen LogP contribution in [0.4, 0.5) is 10.1 Å². The Labute approximate surface area is 205 Å². The number of Topliss-reactive ketones (excluding diaryl/α,β-unsaturated/α-hetero) is 1. The van der Waals surface area contributed by atoms with E-state index in [1.165, 1.54) is 12.1 Å². The summed E-state index contributed by atoms with van der Waals surface area (Å²) in [5.74, 6) is 1.07. The number of hydrogen-bond donors (Lipinski definition) is 1. The molecule has 0 saturated heterocycles. The molecule has 1 N–H and O–H groups in total. The Morgan fingerprint density at radius 3 is 2.57 bits per heavy atom. The minimum atomic E-state index is -0.343. The quantitative estimate of drug-likeness (QED) is 0.427. The van der Waals surface area contributed by atoms with Crippen LogP contribution < -0.4 is 14.8 Å². The number of anilines is 1. The third-order valence-corrected chi connectivity index (χ3v) is 6.81. The summed E-state index contributed by atoms with van der Waals surface area (Å²) in [5.41, 5.74) is 7.70. The molecule has 0 unspecified atom stereocenters. The van der Waals surface area contributed by atoms with Crippen LogP contribution in [0.3, 0.4) is 0 Å². The Morgan fingerprint density at radius 1 is 1.00 bits per heavy atom. The van der Waals surface area contributed by atoms with Crippen molar-refractivity contribution in [1.29, 1.82) is 0 Å². The van der Waals surface area contributed by atoms with Crippen LogP contribution in [0.25, 0.3) is 16.7 Å². The number of ketones is 1. The summed E-state index contributed by atoms with van der Waals surface area (Å²) in [4.78, 5) is 12.2. The van der Waals surface area contributed by atoms with E-state index in [1.54, 1.807) is 13.2 Å². The third kappa shape index (κ3) is 4.43. The molecule has 0 aromatic heterocycles. The molecule has 3 aromatic carbocycles. The number of fused-ring (bicyclic) bond motifs is 2. The predicted molar refractivity (Wildman–Crippen MR) is 138 cm³/mol. The van der Waals surface area contributed by atoms with Crippen LogP contribution in [0, 0.1) is 5.82 Å². The van der Waals surface area contributed by atoms with Gasteiger partial charge in [0.25, 0.3) is 0 Å². The average Bonchev–Trinajstić information content (AvgIpc) is 2.81. The maximum atomic E-state index is 14.0. The van der Waals surface area contributed by atoms with E-state index in [2.05, 4.69) is 38.2 Å². The van der Waals surface area contributed by atoms with Crippen molar-refractivity contribution in [1.82, 2.24) is 0 Å². The molecule has 0 radical (unpaired) electrons. The number of allylic oxidation sites excluding steroid dienone is 1. The summed E-state index contributed by atoms with van der Waals surface area (Å²) in [6.45, 7) is 6.71. The lowest BCUT2D eigenvalue weighted by atomic mass is 9.85. The van der Waals surface area contributed by atoms with Gasteiger partial charge in [-0.3, -0.25) is 4.79 Å². The van der Waals surface area contributed by atoms with Gasteiger partial charge in [0.15, 0.2) is 5.78 Å². The van der Waals surface area contributed by atoms with E-state index in [0.717, 1.165) is 63.2 Å². The monoisotopic (exact) mass is 471 g/mol. The number of ether oxygens (including phenoxy) is 2. The van der Waals surface area contributed by atoms with Crippen LogP contribution in [0.1, 0.15) is 60.7 Å². The number of benzene rings is 3. The minimum Gasteiger partial charge on any atom is -0.496 e. The molecule has 0 spiro atoms. The summed E-state index contributed by atoms with van der Waals surface area (Å²) in [7, 11) is 1.55. The molecular formula is C30H30FNO3. The lowest BCUT2D eigenvalue weighted by Gasteiger charge is -2.33. The Hall–Kier alpha value is -3.60. The van der Waals surface area contributed by atoms with Gasteiger partial charge in [0.1, 0.15) is 23.9 Å². The molecule has 5 heteroatoms. The van der Waals surface area contributed by atoms with Crippen molar-refractivity contribution in [3.05, 3.63) is 82.7 Å². The number of aryl methyl sites for hydroxylation is 1. The maximum absolute atomic E-state index is 14.0. The molecule has 0 fully saturated rings. The zero-order valence-corrected chi connectivity index (χ0v) is 20.6. The van der Waals surface area contributed by atoms with Crippen LogP contribution in [0.5, 0.6) is 11.5 Å². The number of hydrogen-bond acceptors (Lipinski definition) is 4. The molecule has 0 atom stereocenters. The maximum Gasteiger partial charge on any atom is 0.163 e. The van der Waals surface area contributed by atoms with E-state index in [0.29, 0.717) is 18.8 Å². The fraction of sp³-hybridized carbons (Fsp3) is 0.300. The Morgan fingerprint density at radius 2 is 1.77 bits per heavy atom. The molecule has 0 saturated carbocycles. The summed E-state index contributed by atoms with van der Waals surface area (Å²) in [6, 6.07) is 14.5. The second kappa shape index (κ2) is 8.88. The zero-order valence-electron chi connectivity index (χ0n) is 20.6. The van der Waals surface area contributed by atoms with Crippen molar-refractivity contribution in [3.8, 4) is 22.6 Å². The first kappa shape index (κ1) is 23.2. The molecule has 1 aliphatic carbocycles. The van der Waals surface area contributed by atoms with Crippen LogP contribution in [-0.2, 0) is 13.0 Å². The number of nitrogens with one attached hydrogen (secondary N) is 1. The third-order valence-electron chi connectivity index (χ3n) is 6.81. The molecule has 180 valence electrons. The van der Waals surface area contributed by atoms with Gasteiger partial charge in [-0.15, -0.1) is 0 Å². The topological polar surface area (TPSA) is 47.6 Å². The number of methoxy groups -OCH3 is 1. The highest BCUT2D eigenvalue weighted by molar-refractivity contribution is 5.98. The zero-order chi connectivity index (χ0) is 24.7. The van der Waals surface area contributed by atoms with Gasteiger partial charge >= 0.3 is 0 Å². The van der Waals surface area contributed by atoms with E-state index in [1.807, 2.05) is 24.3 Å². The predicted octanol–water partition coefficient (Wildman–Crippen LogP) is 7.21. The molecular weight excluding hydrogens is 441 g/mol. The summed E-state index contributed by atoms with van der Waals surface area (Å²) in [5, 5.41) is 3.61. The van der Waals surface area contributed by atoms with Crippen molar-refractivity contribution < 1.29 is 18.7 Å². The minimum absolute atomic E-state index is 0.171. The van der Waals surface area contributed by atoms with Crippen LogP contribution in [0.2, 0.25) is 0 Å². The molecule has 1 aliphatic heterocycles. The van der Waals surface area contributed by atoms with Crippen molar-refractivity contribution in [2.24, 2.45) is 0 Å². The van der Waals surface area contributed by atoms with E-state index in [4.69, 9.17) is 9.47 Å². The van der Waals surface area contributed by atoms with E-state index < -0.39 is 0 Å². The fourth-order valence-electron chi connectivity index (χ4n) is 5.36. The second-order valence-corrected chi connectivity index (χ2v) is 9.92. The van der Waals surface area contributed by atoms with Gasteiger partial charge in [-0.2, -0.15) is 0 Å². The molecule has 35 heavy (non-hydrogen) atoms. The number of carbonyl (C=O) groups is 1. The van der Waals surface area contributed by atoms with Gasteiger partial charge in [0.05, 0.1) is 12.6 Å². The Bertz CT molecular complexity index is 1360. The Balaban J connectivity index is 1.59. The standard InChI is InChI=1S/C30H30FNO3/c1-18-16-30(2,3)32-26-13-12-23(24-10-8-20(31)15-28(24)34-4)25(29(18)26)17-35-21-9-11-22-19(14-21)6-5-7-27(22)33/h8-16,32H,5-7,17H2,1-4H3. The first-order valence-electron chi connectivity index (χ1n) is 12.0. The summed E-state index contributed by atoms with van der Waals surface area (Å²) < 4.78 is 25.8. The molecule has 5 rings (SSSR count). The normalized spacial score (nSPS) is 16.0. The largest absolute Gasteiger partial charge is 0.496 e. The number of carbonyl (C=O) groups excluding carboxylic acids is 1. The van der Waals surface area contributed by atoms with Crippen molar-refractivity contribution in [3.63, 3.8) is 0 Å². The van der Waals surface area contributed by atoms with Crippen LogP contribution >= 0.6 is 0 Å². The van der Waals surface area contributed by atoms with E-state index in [9.17, 15) is 9.18 Å². The van der Waals surface area contributed by atoms with Gasteiger partial charge in [0.2, 0.25) is 0 Å². The summed E-state index contributed by atoms with van der Waals surface area (Å²) in [6.07, 6.45) is 4.59. The first-order valence-corrected chi connectivity index (χ1v) is 12.0. The highest BCUT2D eigenvalue weighted by Crippen LogP contribution is 2.43. The van der Waals surface area contributed by atoms with Gasteiger partial charge in [-0.25, -0.2) is 4.39 Å². The average molecular weight is 472 g/mol. The molecule has 2 aliphatic rings. The van der Waals surface area contributed by atoms with Gasteiger partial charge in [-0.05, 0) is 86.7 Å². The van der Waals surface area contributed by atoms with Gasteiger partial charge in [0, 0.05) is 40.4 Å². The van der Waals surface area contributed by atoms with Crippen LogP contribution in [-0.4, -0.2) is 18.4 Å². The Kier molecular flexibility index (Phi) is 5.87. The fourth-order valence-corrected chi connectivity index (χ4v) is 5.36. The van der Waals surface area contributed by atoms with Crippen LogP contribution in [0.15, 0.2) is 54.6 Å². The van der Waals surface area contributed by atoms with E-state index >= 15 is 0 Å². The molecule has 0 bridgehead atoms. The molecule has 3 aromatic rings. The summed E-state index contributed by atoms with van der Waals surface area (Å²) >= 11 is 0. The van der Waals surface area contributed by atoms with Crippen molar-refractivity contribution in [2.45, 2.75) is 52.2 Å². The van der Waals surface area contributed by atoms with Crippen molar-refractivity contribution in [2.75, 3.05) is 12.4 Å². The number of rotatable bonds is 5. The van der Waals surface area contributed by atoms with Gasteiger partial charge < -0.3 is 14.8 Å². The molecule has 0 amide bonds. The van der Waals surface area contributed by atoms with E-state index in [-0.39, 0.29) is 17.1 Å². The highest BCUT2D eigenvalue weighted by atomic mass is 19.1. The smallest absolute Gasteiger partial charge is 0.163 e. The second-order valence-electron chi connectivity index (χ2n) is 9.92. The first-order chi connectivity index (χ1) is 16.8.